The largest absolute Gasteiger partial charge is 0.413 e. The van der Waals surface area contributed by atoms with Gasteiger partial charge in [0.2, 0.25) is 0 Å². The average molecular weight is 445 g/mol. The van der Waals surface area contributed by atoms with Crippen LogP contribution >= 0.6 is 38.5 Å². The van der Waals surface area contributed by atoms with Crippen LogP contribution in [0, 0.1) is 9.39 Å². The molecule has 0 heterocycles. The Bertz CT molecular complexity index is 443. The van der Waals surface area contributed by atoms with Gasteiger partial charge in [0, 0.05) is 4.47 Å². The molecule has 1 aromatic rings. The summed E-state index contributed by atoms with van der Waals surface area (Å²) in [4.78, 5) is 0. The lowest BCUT2D eigenvalue weighted by molar-refractivity contribution is 0.275. The maximum absolute atomic E-state index is 13.6. The van der Waals surface area contributed by atoms with E-state index in [9.17, 15) is 4.39 Å². The Kier molecular flexibility index (Phi) is 5.43. The molecule has 0 fully saturated rings. The van der Waals surface area contributed by atoms with Crippen LogP contribution in [0.15, 0.2) is 16.6 Å². The molecule has 0 aliphatic carbocycles. The number of rotatable bonds is 3. The van der Waals surface area contributed by atoms with Crippen LogP contribution in [0.5, 0.6) is 0 Å². The lowest BCUT2D eigenvalue weighted by Crippen LogP contribution is -2.40. The monoisotopic (exact) mass is 444 g/mol. The van der Waals surface area contributed by atoms with E-state index in [0.717, 1.165) is 10.0 Å². The Morgan fingerprint density at radius 2 is 1.89 bits per heavy atom. The van der Waals surface area contributed by atoms with E-state index in [4.69, 9.17) is 4.43 Å². The Hall–Kier alpha value is 0.537. The van der Waals surface area contributed by atoms with E-state index in [2.05, 4.69) is 49.8 Å². The third-order valence-corrected chi connectivity index (χ3v) is 9.61. The predicted octanol–water partition coefficient (Wildman–Crippen LogP) is 5.71. The average Bonchev–Trinajstić information content (AvgIpc) is 2.19. The number of halogens is 3. The summed E-state index contributed by atoms with van der Waals surface area (Å²) in [5, 5.41) is 0.170. The molecule has 0 atom stereocenters. The fourth-order valence-corrected chi connectivity index (χ4v) is 3.08. The smallest absolute Gasteiger partial charge is 0.192 e. The number of hydrogen-bond acceptors (Lipinski definition) is 1. The number of benzene rings is 1. The summed E-state index contributed by atoms with van der Waals surface area (Å²) < 4.78 is 21.1. The summed E-state index contributed by atoms with van der Waals surface area (Å²) in [6.45, 7) is 11.5. The molecule has 102 valence electrons. The molecule has 0 spiro atoms. The van der Waals surface area contributed by atoms with Crippen molar-refractivity contribution >= 4 is 46.8 Å². The summed E-state index contributed by atoms with van der Waals surface area (Å²) in [6.07, 6.45) is 0. The summed E-state index contributed by atoms with van der Waals surface area (Å²) in [7, 11) is -1.79. The molecular formula is C13H19BrFIOSi. The van der Waals surface area contributed by atoms with Crippen LogP contribution in [-0.4, -0.2) is 8.32 Å². The predicted molar refractivity (Wildman–Crippen MR) is 88.8 cm³/mol. The van der Waals surface area contributed by atoms with Gasteiger partial charge in [-0.15, -0.1) is 0 Å². The zero-order chi connectivity index (χ0) is 14.1. The van der Waals surface area contributed by atoms with Crippen LogP contribution in [0.2, 0.25) is 18.1 Å². The minimum absolute atomic E-state index is 0.170. The third kappa shape index (κ3) is 4.01. The highest BCUT2D eigenvalue weighted by Crippen LogP contribution is 2.37. The molecule has 1 rings (SSSR count). The van der Waals surface area contributed by atoms with E-state index >= 15 is 0 Å². The van der Waals surface area contributed by atoms with Gasteiger partial charge in [0.15, 0.2) is 8.32 Å². The van der Waals surface area contributed by atoms with Crippen molar-refractivity contribution in [3.63, 3.8) is 0 Å². The lowest BCUT2D eigenvalue weighted by atomic mass is 10.2. The van der Waals surface area contributed by atoms with Gasteiger partial charge in [-0.25, -0.2) is 4.39 Å². The minimum Gasteiger partial charge on any atom is -0.413 e. The molecule has 1 aromatic carbocycles. The van der Waals surface area contributed by atoms with E-state index in [0.29, 0.717) is 10.2 Å². The zero-order valence-electron chi connectivity index (χ0n) is 11.4. The van der Waals surface area contributed by atoms with Gasteiger partial charge in [-0.05, 0) is 58.4 Å². The van der Waals surface area contributed by atoms with Crippen LogP contribution < -0.4 is 0 Å². The third-order valence-electron chi connectivity index (χ3n) is 3.46. The molecule has 0 saturated carbocycles. The molecule has 0 bridgehead atoms. The zero-order valence-corrected chi connectivity index (χ0v) is 16.1. The van der Waals surface area contributed by atoms with Gasteiger partial charge in [0.1, 0.15) is 5.82 Å². The second kappa shape index (κ2) is 5.89. The Labute approximate surface area is 132 Å². The molecular weight excluding hydrogens is 426 g/mol. The van der Waals surface area contributed by atoms with Crippen LogP contribution in [0.1, 0.15) is 26.3 Å². The highest BCUT2D eigenvalue weighted by Gasteiger charge is 2.37. The maximum Gasteiger partial charge on any atom is 0.192 e. The fraction of sp³-hybridized carbons (Fsp3) is 0.538. The minimum atomic E-state index is -1.79. The summed E-state index contributed by atoms with van der Waals surface area (Å²) in [6, 6.07) is 3.41. The van der Waals surface area contributed by atoms with Crippen molar-refractivity contribution < 1.29 is 8.82 Å². The normalized spacial score (nSPS) is 12.9. The van der Waals surface area contributed by atoms with E-state index in [1.54, 1.807) is 0 Å². The van der Waals surface area contributed by atoms with Crippen molar-refractivity contribution in [2.45, 2.75) is 45.5 Å². The second-order valence-electron chi connectivity index (χ2n) is 5.91. The topological polar surface area (TPSA) is 9.23 Å². The molecule has 0 saturated heterocycles. The molecule has 0 N–H and O–H groups in total. The first-order valence-corrected chi connectivity index (χ1v) is 10.6. The Morgan fingerprint density at radius 3 is 2.39 bits per heavy atom. The van der Waals surface area contributed by atoms with Gasteiger partial charge in [-0.2, -0.15) is 0 Å². The van der Waals surface area contributed by atoms with Gasteiger partial charge in [-0.3, -0.25) is 0 Å². The van der Waals surface area contributed by atoms with Gasteiger partial charge in [0.05, 0.1) is 10.2 Å². The number of hydrogen-bond donors (Lipinski definition) is 0. The van der Waals surface area contributed by atoms with E-state index in [1.165, 1.54) is 6.07 Å². The van der Waals surface area contributed by atoms with Gasteiger partial charge in [0.25, 0.3) is 0 Å². The molecule has 0 radical (unpaired) electrons. The molecule has 0 aromatic heterocycles. The first-order chi connectivity index (χ1) is 8.04. The summed E-state index contributed by atoms with van der Waals surface area (Å²) in [5.74, 6) is -0.196. The summed E-state index contributed by atoms with van der Waals surface area (Å²) >= 11 is 5.35. The Balaban J connectivity index is 2.88. The van der Waals surface area contributed by atoms with Crippen LogP contribution in [0.25, 0.3) is 0 Å². The SMILES string of the molecule is CC(C)(C)[Si](C)(C)OCc1cc(Br)cc(F)c1I. The molecule has 18 heavy (non-hydrogen) atoms. The molecule has 0 unspecified atom stereocenters. The van der Waals surface area contributed by atoms with Gasteiger partial charge >= 0.3 is 0 Å². The van der Waals surface area contributed by atoms with Crippen molar-refractivity contribution in [2.75, 3.05) is 0 Å². The van der Waals surface area contributed by atoms with E-state index < -0.39 is 8.32 Å². The highest BCUT2D eigenvalue weighted by molar-refractivity contribution is 14.1. The molecule has 0 aliphatic rings. The quantitative estimate of drug-likeness (QED) is 0.329. The van der Waals surface area contributed by atoms with Crippen LogP contribution in [-0.2, 0) is 11.0 Å². The van der Waals surface area contributed by atoms with Crippen LogP contribution in [0.4, 0.5) is 4.39 Å². The van der Waals surface area contributed by atoms with Crippen molar-refractivity contribution in [1.29, 1.82) is 0 Å². The van der Waals surface area contributed by atoms with Crippen molar-refractivity contribution in [3.8, 4) is 0 Å². The Morgan fingerprint density at radius 1 is 1.33 bits per heavy atom. The molecule has 1 nitrogen and oxygen atoms in total. The highest BCUT2D eigenvalue weighted by atomic mass is 127. The van der Waals surface area contributed by atoms with Gasteiger partial charge < -0.3 is 4.43 Å². The van der Waals surface area contributed by atoms with Crippen molar-refractivity contribution in [1.82, 2.24) is 0 Å². The standard InChI is InChI=1S/C13H19BrFIOSi/c1-13(2,3)18(4,5)17-8-9-6-10(14)7-11(15)12(9)16/h6-7H,8H2,1-5H3. The second-order valence-corrected chi connectivity index (χ2v) is 12.7. The maximum atomic E-state index is 13.6. The first kappa shape index (κ1) is 16.6. The van der Waals surface area contributed by atoms with E-state index in [1.807, 2.05) is 28.7 Å². The molecule has 0 aliphatic heterocycles. The van der Waals surface area contributed by atoms with E-state index in [-0.39, 0.29) is 10.9 Å². The molecule has 0 amide bonds. The molecule has 5 heteroatoms. The van der Waals surface area contributed by atoms with Crippen molar-refractivity contribution in [2.24, 2.45) is 0 Å². The van der Waals surface area contributed by atoms with Crippen molar-refractivity contribution in [3.05, 3.63) is 31.6 Å². The fourth-order valence-electron chi connectivity index (χ4n) is 1.19. The first-order valence-electron chi connectivity index (χ1n) is 5.82. The van der Waals surface area contributed by atoms with Gasteiger partial charge in [-0.1, -0.05) is 36.7 Å². The van der Waals surface area contributed by atoms with Crippen LogP contribution in [0.3, 0.4) is 0 Å². The summed E-state index contributed by atoms with van der Waals surface area (Å²) in [5.41, 5.74) is 0.910. The lowest BCUT2D eigenvalue weighted by Gasteiger charge is -2.36.